The second kappa shape index (κ2) is 4.19. The molecule has 14 heavy (non-hydrogen) atoms. The zero-order valence-electron chi connectivity index (χ0n) is 9.47. The summed E-state index contributed by atoms with van der Waals surface area (Å²) in [7, 11) is 0. The highest BCUT2D eigenvalue weighted by Gasteiger charge is 2.43. The largest absolute Gasteiger partial charge is 0.329 e. The second-order valence-corrected chi connectivity index (χ2v) is 5.01. The van der Waals surface area contributed by atoms with Gasteiger partial charge in [-0.3, -0.25) is 4.90 Å². The third kappa shape index (κ3) is 1.59. The van der Waals surface area contributed by atoms with Gasteiger partial charge in [-0.05, 0) is 38.6 Å². The second-order valence-electron chi connectivity index (χ2n) is 5.01. The topological polar surface area (TPSA) is 29.3 Å². The molecule has 0 aromatic rings. The first-order chi connectivity index (χ1) is 6.82. The van der Waals surface area contributed by atoms with Crippen molar-refractivity contribution in [3.8, 4) is 0 Å². The average Bonchev–Trinajstić information content (AvgIpc) is 2.63. The zero-order valence-corrected chi connectivity index (χ0v) is 9.47. The highest BCUT2D eigenvalue weighted by Crippen LogP contribution is 2.40. The van der Waals surface area contributed by atoms with Gasteiger partial charge in [0.1, 0.15) is 0 Å². The van der Waals surface area contributed by atoms with Crippen molar-refractivity contribution in [1.82, 2.24) is 4.90 Å². The molecule has 0 spiro atoms. The van der Waals surface area contributed by atoms with E-state index in [1.165, 1.54) is 51.5 Å². The first-order valence-electron chi connectivity index (χ1n) is 6.29. The average molecular weight is 196 g/mol. The van der Waals surface area contributed by atoms with Crippen molar-refractivity contribution in [3.63, 3.8) is 0 Å². The van der Waals surface area contributed by atoms with Crippen molar-refractivity contribution >= 4 is 0 Å². The third-order valence-corrected chi connectivity index (χ3v) is 4.38. The summed E-state index contributed by atoms with van der Waals surface area (Å²) in [5.41, 5.74) is 6.38. The maximum Gasteiger partial charge on any atom is 0.0334 e. The third-order valence-electron chi connectivity index (χ3n) is 4.38. The lowest BCUT2D eigenvalue weighted by molar-refractivity contribution is -0.00516. The van der Waals surface area contributed by atoms with E-state index in [2.05, 4.69) is 11.8 Å². The van der Waals surface area contributed by atoms with Crippen LogP contribution in [0, 0.1) is 0 Å². The quantitative estimate of drug-likeness (QED) is 0.746. The van der Waals surface area contributed by atoms with Crippen molar-refractivity contribution in [3.05, 3.63) is 0 Å². The highest BCUT2D eigenvalue weighted by atomic mass is 15.2. The van der Waals surface area contributed by atoms with E-state index in [1.807, 2.05) is 0 Å². The van der Waals surface area contributed by atoms with Crippen LogP contribution in [0.25, 0.3) is 0 Å². The van der Waals surface area contributed by atoms with Crippen molar-refractivity contribution in [2.45, 2.75) is 63.5 Å². The molecule has 0 amide bonds. The van der Waals surface area contributed by atoms with Crippen LogP contribution in [0.3, 0.4) is 0 Å². The fourth-order valence-corrected chi connectivity index (χ4v) is 3.39. The standard InChI is InChI=1S/C12H24N2/c1-2-14(11-6-3-4-7-11)12(10-13)8-5-9-12/h11H,2-10,13H2,1H3. The number of nitrogens with two attached hydrogens (primary N) is 1. The van der Waals surface area contributed by atoms with E-state index in [-0.39, 0.29) is 0 Å². The van der Waals surface area contributed by atoms with Crippen LogP contribution in [-0.2, 0) is 0 Å². The molecule has 0 unspecified atom stereocenters. The summed E-state index contributed by atoms with van der Waals surface area (Å²) in [6.07, 6.45) is 9.76. The van der Waals surface area contributed by atoms with E-state index < -0.39 is 0 Å². The van der Waals surface area contributed by atoms with Crippen LogP contribution in [0.5, 0.6) is 0 Å². The fraction of sp³-hybridized carbons (Fsp3) is 1.00. The molecule has 2 aliphatic carbocycles. The van der Waals surface area contributed by atoms with E-state index in [1.54, 1.807) is 0 Å². The van der Waals surface area contributed by atoms with E-state index >= 15 is 0 Å². The van der Waals surface area contributed by atoms with Crippen LogP contribution < -0.4 is 5.73 Å². The summed E-state index contributed by atoms with van der Waals surface area (Å²) in [5, 5.41) is 0. The van der Waals surface area contributed by atoms with Gasteiger partial charge in [0.05, 0.1) is 0 Å². The minimum absolute atomic E-state index is 0.407. The van der Waals surface area contributed by atoms with E-state index in [0.29, 0.717) is 5.54 Å². The minimum atomic E-state index is 0.407. The Morgan fingerprint density at radius 2 is 1.86 bits per heavy atom. The molecule has 0 bridgehead atoms. The van der Waals surface area contributed by atoms with Gasteiger partial charge in [-0.25, -0.2) is 0 Å². The van der Waals surface area contributed by atoms with Crippen LogP contribution >= 0.6 is 0 Å². The van der Waals surface area contributed by atoms with Crippen LogP contribution in [0.1, 0.15) is 51.9 Å². The minimum Gasteiger partial charge on any atom is -0.329 e. The monoisotopic (exact) mass is 196 g/mol. The van der Waals surface area contributed by atoms with Crippen LogP contribution in [0.4, 0.5) is 0 Å². The Bertz CT molecular complexity index is 175. The molecule has 2 nitrogen and oxygen atoms in total. The van der Waals surface area contributed by atoms with Crippen LogP contribution in [0.15, 0.2) is 0 Å². The van der Waals surface area contributed by atoms with E-state index in [0.717, 1.165) is 12.6 Å². The normalized spacial score (nSPS) is 26.8. The summed E-state index contributed by atoms with van der Waals surface area (Å²) in [4.78, 5) is 2.73. The van der Waals surface area contributed by atoms with Crippen molar-refractivity contribution < 1.29 is 0 Å². The van der Waals surface area contributed by atoms with Gasteiger partial charge >= 0.3 is 0 Å². The smallest absolute Gasteiger partial charge is 0.0334 e. The molecule has 2 saturated carbocycles. The number of rotatable bonds is 4. The lowest BCUT2D eigenvalue weighted by Gasteiger charge is -2.52. The van der Waals surface area contributed by atoms with Crippen LogP contribution in [0.2, 0.25) is 0 Å². The molecule has 0 aromatic carbocycles. The summed E-state index contributed by atoms with van der Waals surface area (Å²) in [5.74, 6) is 0. The number of nitrogens with zero attached hydrogens (tertiary/aromatic N) is 1. The summed E-state index contributed by atoms with van der Waals surface area (Å²) >= 11 is 0. The van der Waals surface area contributed by atoms with Gasteiger partial charge in [-0.15, -0.1) is 0 Å². The molecule has 2 rings (SSSR count). The maximum absolute atomic E-state index is 5.97. The molecule has 82 valence electrons. The van der Waals surface area contributed by atoms with Gasteiger partial charge < -0.3 is 5.73 Å². The Balaban J connectivity index is 2.03. The van der Waals surface area contributed by atoms with E-state index in [4.69, 9.17) is 5.73 Å². The molecular formula is C12H24N2. The Kier molecular flexibility index (Phi) is 3.13. The van der Waals surface area contributed by atoms with Gasteiger partial charge in [-0.1, -0.05) is 19.8 Å². The van der Waals surface area contributed by atoms with Gasteiger partial charge in [0.2, 0.25) is 0 Å². The lowest BCUT2D eigenvalue weighted by Crippen LogP contribution is -2.61. The predicted octanol–water partition coefficient (Wildman–Crippen LogP) is 2.13. The van der Waals surface area contributed by atoms with Gasteiger partial charge in [0, 0.05) is 18.1 Å². The SMILES string of the molecule is CCN(C1CCCC1)C1(CN)CCC1. The molecule has 0 heterocycles. The van der Waals surface area contributed by atoms with Crippen molar-refractivity contribution in [2.24, 2.45) is 5.73 Å². The molecule has 2 N–H and O–H groups in total. The molecule has 0 aromatic heterocycles. The highest BCUT2D eigenvalue weighted by molar-refractivity contribution is 5.01. The molecule has 0 radical (unpaired) electrons. The number of likely N-dealkylation sites (N-methyl/N-ethyl adjacent to an activating group) is 1. The van der Waals surface area contributed by atoms with Crippen molar-refractivity contribution in [1.29, 1.82) is 0 Å². The Morgan fingerprint density at radius 1 is 1.21 bits per heavy atom. The first-order valence-corrected chi connectivity index (χ1v) is 6.29. The summed E-state index contributed by atoms with van der Waals surface area (Å²) in [6, 6.07) is 0.851. The maximum atomic E-state index is 5.97. The molecule has 0 saturated heterocycles. The van der Waals surface area contributed by atoms with Crippen molar-refractivity contribution in [2.75, 3.05) is 13.1 Å². The van der Waals surface area contributed by atoms with Gasteiger partial charge in [0.15, 0.2) is 0 Å². The molecular weight excluding hydrogens is 172 g/mol. The summed E-state index contributed by atoms with van der Waals surface area (Å²) < 4.78 is 0. The molecule has 0 aliphatic heterocycles. The Labute approximate surface area is 87.8 Å². The Morgan fingerprint density at radius 3 is 2.21 bits per heavy atom. The molecule has 0 atom stereocenters. The number of hydrogen-bond donors (Lipinski definition) is 1. The first kappa shape index (κ1) is 10.4. The zero-order chi connectivity index (χ0) is 10.0. The lowest BCUT2D eigenvalue weighted by atomic mass is 9.74. The molecule has 2 aliphatic rings. The summed E-state index contributed by atoms with van der Waals surface area (Å²) in [6.45, 7) is 4.37. The fourth-order valence-electron chi connectivity index (χ4n) is 3.39. The predicted molar refractivity (Wildman–Crippen MR) is 60.3 cm³/mol. The molecule has 2 fully saturated rings. The number of hydrogen-bond acceptors (Lipinski definition) is 2. The van der Waals surface area contributed by atoms with Gasteiger partial charge in [0.25, 0.3) is 0 Å². The van der Waals surface area contributed by atoms with Crippen LogP contribution in [-0.4, -0.2) is 29.6 Å². The van der Waals surface area contributed by atoms with E-state index in [9.17, 15) is 0 Å². The molecule has 2 heteroatoms. The Hall–Kier alpha value is -0.0800. The van der Waals surface area contributed by atoms with Gasteiger partial charge in [-0.2, -0.15) is 0 Å².